The lowest BCUT2D eigenvalue weighted by atomic mass is 10.2. The van der Waals surface area contributed by atoms with Crippen molar-refractivity contribution in [3.63, 3.8) is 0 Å². The normalized spacial score (nSPS) is 14.3. The van der Waals surface area contributed by atoms with Crippen LogP contribution in [0.5, 0.6) is 5.75 Å². The van der Waals surface area contributed by atoms with Gasteiger partial charge in [-0.15, -0.1) is 0 Å². The van der Waals surface area contributed by atoms with E-state index < -0.39 is 9.84 Å². The predicted molar refractivity (Wildman–Crippen MR) is 85.2 cm³/mol. The topological polar surface area (TPSA) is 89.7 Å². The second-order valence-corrected chi connectivity index (χ2v) is 7.02. The summed E-state index contributed by atoms with van der Waals surface area (Å²) in [6, 6.07) is 12.7. The molecule has 1 aliphatic heterocycles. The first kappa shape index (κ1) is 15.5. The standard InChI is InChI=1S/C16H16N2O4S/c17-8-9-18-14-7-6-13(10-15(14)22-11-16(18)19)23(20,21)12-4-2-1-3-5-12/h1-7,10H,8-9,11,17H2. The number of anilines is 1. The Balaban J connectivity index is 2.03. The third-order valence-corrected chi connectivity index (χ3v) is 5.36. The number of fused-ring (bicyclic) bond motifs is 1. The summed E-state index contributed by atoms with van der Waals surface area (Å²) < 4.78 is 30.7. The van der Waals surface area contributed by atoms with Crippen LogP contribution in [0.2, 0.25) is 0 Å². The van der Waals surface area contributed by atoms with Gasteiger partial charge < -0.3 is 15.4 Å². The van der Waals surface area contributed by atoms with Crippen molar-refractivity contribution in [2.75, 3.05) is 24.6 Å². The van der Waals surface area contributed by atoms with Gasteiger partial charge in [-0.25, -0.2) is 8.42 Å². The molecule has 0 radical (unpaired) electrons. The molecule has 0 atom stereocenters. The van der Waals surface area contributed by atoms with Crippen molar-refractivity contribution in [2.24, 2.45) is 5.73 Å². The molecule has 1 heterocycles. The largest absolute Gasteiger partial charge is 0.482 e. The molecule has 0 saturated carbocycles. The van der Waals surface area contributed by atoms with Gasteiger partial charge in [0.15, 0.2) is 6.61 Å². The minimum atomic E-state index is -3.62. The van der Waals surface area contributed by atoms with Crippen LogP contribution in [0, 0.1) is 0 Å². The number of sulfone groups is 1. The summed E-state index contributed by atoms with van der Waals surface area (Å²) in [5.74, 6) is 0.177. The van der Waals surface area contributed by atoms with Crippen LogP contribution in [-0.4, -0.2) is 34.0 Å². The van der Waals surface area contributed by atoms with E-state index in [1.807, 2.05) is 0 Å². The fourth-order valence-corrected chi connectivity index (χ4v) is 3.76. The number of hydrogen-bond acceptors (Lipinski definition) is 5. The van der Waals surface area contributed by atoms with Gasteiger partial charge >= 0.3 is 0 Å². The number of benzene rings is 2. The third kappa shape index (κ3) is 2.80. The van der Waals surface area contributed by atoms with Crippen molar-refractivity contribution in [3.8, 4) is 5.75 Å². The van der Waals surface area contributed by atoms with E-state index in [2.05, 4.69) is 0 Å². The summed E-state index contributed by atoms with van der Waals surface area (Å²) in [7, 11) is -3.62. The lowest BCUT2D eigenvalue weighted by Gasteiger charge is -2.29. The molecule has 6 nitrogen and oxygen atoms in total. The summed E-state index contributed by atoms with van der Waals surface area (Å²) in [6.45, 7) is 0.553. The Morgan fingerprint density at radius 3 is 2.52 bits per heavy atom. The van der Waals surface area contributed by atoms with Crippen LogP contribution in [0.4, 0.5) is 5.69 Å². The molecular weight excluding hydrogens is 316 g/mol. The Morgan fingerprint density at radius 2 is 1.83 bits per heavy atom. The first-order valence-electron chi connectivity index (χ1n) is 7.11. The Kier molecular flexibility index (Phi) is 4.06. The van der Waals surface area contributed by atoms with E-state index in [9.17, 15) is 13.2 Å². The van der Waals surface area contributed by atoms with E-state index in [-0.39, 0.29) is 22.3 Å². The zero-order valence-corrected chi connectivity index (χ0v) is 13.1. The maximum Gasteiger partial charge on any atom is 0.265 e. The number of carbonyl (C=O) groups excluding carboxylic acids is 1. The van der Waals surface area contributed by atoms with Gasteiger partial charge in [0.2, 0.25) is 9.84 Å². The SMILES string of the molecule is NCCN1C(=O)COc2cc(S(=O)(=O)c3ccccc3)ccc21. The zero-order valence-electron chi connectivity index (χ0n) is 12.3. The molecule has 3 rings (SSSR count). The highest BCUT2D eigenvalue weighted by molar-refractivity contribution is 7.91. The molecule has 0 unspecified atom stereocenters. The van der Waals surface area contributed by atoms with E-state index >= 15 is 0 Å². The second kappa shape index (κ2) is 6.02. The molecule has 7 heteroatoms. The van der Waals surface area contributed by atoms with E-state index in [1.165, 1.54) is 17.0 Å². The summed E-state index contributed by atoms with van der Waals surface area (Å²) in [5, 5.41) is 0. The molecule has 120 valence electrons. The lowest BCUT2D eigenvalue weighted by molar-refractivity contribution is -0.121. The van der Waals surface area contributed by atoms with Crippen molar-refractivity contribution in [3.05, 3.63) is 48.5 Å². The number of amides is 1. The van der Waals surface area contributed by atoms with Crippen molar-refractivity contribution < 1.29 is 17.9 Å². The highest BCUT2D eigenvalue weighted by Crippen LogP contribution is 2.35. The molecule has 2 N–H and O–H groups in total. The summed E-state index contributed by atoms with van der Waals surface area (Å²) in [5.41, 5.74) is 6.06. The molecule has 1 aliphatic rings. The third-order valence-electron chi connectivity index (χ3n) is 3.59. The Hall–Kier alpha value is -2.38. The van der Waals surface area contributed by atoms with Crippen LogP contribution < -0.4 is 15.4 Å². The minimum Gasteiger partial charge on any atom is -0.482 e. The number of nitrogens with zero attached hydrogens (tertiary/aromatic N) is 1. The van der Waals surface area contributed by atoms with E-state index in [0.29, 0.717) is 24.5 Å². The Bertz CT molecular complexity index is 834. The smallest absolute Gasteiger partial charge is 0.265 e. The van der Waals surface area contributed by atoms with Crippen molar-refractivity contribution in [1.82, 2.24) is 0 Å². The highest BCUT2D eigenvalue weighted by atomic mass is 32.2. The molecule has 0 saturated heterocycles. The maximum absolute atomic E-state index is 12.6. The van der Waals surface area contributed by atoms with E-state index in [1.54, 1.807) is 36.4 Å². The van der Waals surface area contributed by atoms with Crippen LogP contribution >= 0.6 is 0 Å². The van der Waals surface area contributed by atoms with E-state index in [4.69, 9.17) is 10.5 Å². The van der Waals surface area contributed by atoms with Gasteiger partial charge in [0, 0.05) is 19.2 Å². The number of hydrogen-bond donors (Lipinski definition) is 1. The average molecular weight is 332 g/mol. The Labute approximate surface area is 134 Å². The van der Waals surface area contributed by atoms with Gasteiger partial charge in [0.05, 0.1) is 15.5 Å². The fraction of sp³-hybridized carbons (Fsp3) is 0.188. The predicted octanol–water partition coefficient (Wildman–Crippen LogP) is 1.20. The number of ether oxygens (including phenoxy) is 1. The Morgan fingerprint density at radius 1 is 1.09 bits per heavy atom. The quantitative estimate of drug-likeness (QED) is 0.909. The van der Waals surface area contributed by atoms with Crippen LogP contribution in [0.3, 0.4) is 0 Å². The molecule has 2 aromatic carbocycles. The summed E-state index contributed by atoms with van der Waals surface area (Å²) >= 11 is 0. The molecule has 0 aromatic heterocycles. The van der Waals surface area contributed by atoms with Gasteiger partial charge in [0.25, 0.3) is 5.91 Å². The van der Waals surface area contributed by atoms with Crippen LogP contribution in [0.25, 0.3) is 0 Å². The van der Waals surface area contributed by atoms with Crippen LogP contribution in [0.1, 0.15) is 0 Å². The molecule has 0 fully saturated rings. The fourth-order valence-electron chi connectivity index (χ4n) is 2.46. The van der Waals surface area contributed by atoms with Gasteiger partial charge in [-0.2, -0.15) is 0 Å². The number of rotatable bonds is 4. The molecule has 2 aromatic rings. The number of carbonyl (C=O) groups is 1. The van der Waals surface area contributed by atoms with Gasteiger partial charge in [-0.05, 0) is 24.3 Å². The van der Waals surface area contributed by atoms with Crippen LogP contribution in [-0.2, 0) is 14.6 Å². The molecule has 23 heavy (non-hydrogen) atoms. The van der Waals surface area contributed by atoms with Gasteiger partial charge in [-0.1, -0.05) is 18.2 Å². The minimum absolute atomic E-state index is 0.123. The van der Waals surface area contributed by atoms with Crippen molar-refractivity contribution in [1.29, 1.82) is 0 Å². The number of nitrogens with two attached hydrogens (primary N) is 1. The summed E-state index contributed by atoms with van der Waals surface area (Å²) in [4.78, 5) is 13.7. The van der Waals surface area contributed by atoms with E-state index in [0.717, 1.165) is 0 Å². The monoisotopic (exact) mass is 332 g/mol. The molecule has 1 amide bonds. The summed E-state index contributed by atoms with van der Waals surface area (Å²) in [6.07, 6.45) is 0. The van der Waals surface area contributed by atoms with Crippen molar-refractivity contribution in [2.45, 2.75) is 9.79 Å². The highest BCUT2D eigenvalue weighted by Gasteiger charge is 2.27. The van der Waals surface area contributed by atoms with Crippen LogP contribution in [0.15, 0.2) is 58.3 Å². The average Bonchev–Trinajstić information content (AvgIpc) is 2.58. The zero-order chi connectivity index (χ0) is 16.4. The molecule has 0 bridgehead atoms. The van der Waals surface area contributed by atoms with Crippen molar-refractivity contribution >= 4 is 21.4 Å². The van der Waals surface area contributed by atoms with Gasteiger partial charge in [-0.3, -0.25) is 4.79 Å². The first-order chi connectivity index (χ1) is 11.0. The molecular formula is C16H16N2O4S. The van der Waals surface area contributed by atoms with Gasteiger partial charge in [0.1, 0.15) is 5.75 Å². The second-order valence-electron chi connectivity index (χ2n) is 5.07. The lowest BCUT2D eigenvalue weighted by Crippen LogP contribution is -2.41. The molecule has 0 aliphatic carbocycles. The first-order valence-corrected chi connectivity index (χ1v) is 8.60. The maximum atomic E-state index is 12.6. The molecule has 0 spiro atoms.